The van der Waals surface area contributed by atoms with E-state index in [9.17, 15) is 14.7 Å². The van der Waals surface area contributed by atoms with Gasteiger partial charge in [0, 0.05) is 34.8 Å². The Morgan fingerprint density at radius 1 is 1.23 bits per heavy atom. The number of Topliss-reactive ketones (excluding diaryl/α,β-unsaturated/α-hetero) is 1. The summed E-state index contributed by atoms with van der Waals surface area (Å²) in [7, 11) is 0. The number of aromatic nitrogens is 1. The number of ether oxygens (including phenoxy) is 1. The summed E-state index contributed by atoms with van der Waals surface area (Å²) in [5.74, 6) is -0.198. The Hall–Kier alpha value is -2.53. The molecule has 8 atom stereocenters. The van der Waals surface area contributed by atoms with Crippen LogP contribution in [0.4, 0.5) is 0 Å². The van der Waals surface area contributed by atoms with Crippen LogP contribution >= 0.6 is 0 Å². The first-order valence-electron chi connectivity index (χ1n) is 13.0. The minimum absolute atomic E-state index is 0.0431. The number of benzene rings is 1. The van der Waals surface area contributed by atoms with Gasteiger partial charge in [-0.15, -0.1) is 6.58 Å². The molecule has 3 fully saturated rings. The molecule has 2 bridgehead atoms. The number of aliphatic hydroxyl groups excluding tert-OH is 1. The molecule has 186 valence electrons. The van der Waals surface area contributed by atoms with Gasteiger partial charge in [-0.3, -0.25) is 9.78 Å². The van der Waals surface area contributed by atoms with Crippen LogP contribution < -0.4 is 0 Å². The first kappa shape index (κ1) is 24.2. The second kappa shape index (κ2) is 8.26. The lowest BCUT2D eigenvalue weighted by molar-refractivity contribution is -0.192. The summed E-state index contributed by atoms with van der Waals surface area (Å²) in [6.45, 7) is 12.6. The molecular formula is C30H37NO4. The number of ketones is 1. The Bertz CT molecular complexity index is 1190. The van der Waals surface area contributed by atoms with Crippen LogP contribution in [0.25, 0.3) is 10.9 Å². The van der Waals surface area contributed by atoms with E-state index in [2.05, 4.69) is 32.3 Å². The molecule has 2 unspecified atom stereocenters. The van der Waals surface area contributed by atoms with Crippen molar-refractivity contribution in [2.45, 2.75) is 72.0 Å². The highest BCUT2D eigenvalue weighted by molar-refractivity contribution is 5.94. The van der Waals surface area contributed by atoms with Crippen molar-refractivity contribution in [1.82, 2.24) is 4.98 Å². The van der Waals surface area contributed by atoms with Gasteiger partial charge in [0.2, 0.25) is 0 Å². The lowest BCUT2D eigenvalue weighted by Crippen LogP contribution is -2.63. The minimum Gasteiger partial charge on any atom is -0.458 e. The number of hydrogen-bond donors (Lipinski definition) is 1. The quantitative estimate of drug-likeness (QED) is 0.451. The number of esters is 1. The number of pyridine rings is 1. The third-order valence-corrected chi connectivity index (χ3v) is 10.4. The van der Waals surface area contributed by atoms with Crippen LogP contribution in [-0.4, -0.2) is 34.1 Å². The average Bonchev–Trinajstić information content (AvgIpc) is 3.22. The molecule has 0 amide bonds. The summed E-state index contributed by atoms with van der Waals surface area (Å²) in [5.41, 5.74) is -0.140. The van der Waals surface area contributed by atoms with Gasteiger partial charge in [-0.25, -0.2) is 4.79 Å². The van der Waals surface area contributed by atoms with Crippen LogP contribution in [0.15, 0.2) is 49.2 Å². The number of nitrogens with zero attached hydrogens (tertiary/aromatic N) is 1. The van der Waals surface area contributed by atoms with E-state index < -0.39 is 29.0 Å². The fourth-order valence-corrected chi connectivity index (χ4v) is 7.90. The Morgan fingerprint density at radius 3 is 2.74 bits per heavy atom. The molecular weight excluding hydrogens is 438 g/mol. The van der Waals surface area contributed by atoms with E-state index in [1.807, 2.05) is 37.3 Å². The molecule has 5 nitrogen and oxygen atoms in total. The van der Waals surface area contributed by atoms with Crippen LogP contribution in [0.1, 0.15) is 70.2 Å². The van der Waals surface area contributed by atoms with Crippen LogP contribution in [0.3, 0.4) is 0 Å². The number of carbonyl (C=O) groups excluding carboxylic acids is 2. The van der Waals surface area contributed by atoms with Crippen LogP contribution in [0.2, 0.25) is 0 Å². The Balaban J connectivity index is 1.60. The van der Waals surface area contributed by atoms with Gasteiger partial charge in [0.25, 0.3) is 0 Å². The lowest BCUT2D eigenvalue weighted by Gasteiger charge is -2.61. The normalized spacial score (nSPS) is 41.1. The molecule has 2 aromatic rings. The predicted octanol–water partition coefficient (Wildman–Crippen LogP) is 5.75. The molecule has 5 heteroatoms. The molecule has 1 heterocycles. The fourth-order valence-electron chi connectivity index (χ4n) is 7.90. The van der Waals surface area contributed by atoms with Gasteiger partial charge in [-0.2, -0.15) is 0 Å². The van der Waals surface area contributed by atoms with Gasteiger partial charge in [-0.1, -0.05) is 39.8 Å². The highest BCUT2D eigenvalue weighted by atomic mass is 16.5. The SMILES string of the molecule is C=C[C@]1(C)C[C@@H](OC(=O)c2ccc3ncccc3c2)[C@@]2(C)C3C(=O)CCC3(CC[C@H]2C)[C@@H](C)[C@@H]1O. The summed E-state index contributed by atoms with van der Waals surface area (Å²) in [6, 6.07) is 9.18. The Kier molecular flexibility index (Phi) is 5.71. The molecule has 5 rings (SSSR count). The van der Waals surface area contributed by atoms with Crippen LogP contribution in [-0.2, 0) is 9.53 Å². The maximum absolute atomic E-state index is 13.6. The van der Waals surface area contributed by atoms with E-state index in [1.54, 1.807) is 12.3 Å². The number of carbonyl (C=O) groups is 2. The van der Waals surface area contributed by atoms with Crippen molar-refractivity contribution in [3.8, 4) is 0 Å². The zero-order valence-electron chi connectivity index (χ0n) is 21.3. The third-order valence-electron chi connectivity index (χ3n) is 10.4. The summed E-state index contributed by atoms with van der Waals surface area (Å²) in [5, 5.41) is 12.5. The molecule has 3 aliphatic rings. The molecule has 0 radical (unpaired) electrons. The molecule has 3 aliphatic carbocycles. The number of aliphatic hydroxyl groups is 1. The maximum atomic E-state index is 13.6. The smallest absolute Gasteiger partial charge is 0.338 e. The maximum Gasteiger partial charge on any atom is 0.338 e. The van der Waals surface area contributed by atoms with Crippen LogP contribution in [0, 0.1) is 34.0 Å². The molecule has 1 aromatic carbocycles. The second-order valence-electron chi connectivity index (χ2n) is 11.9. The lowest BCUT2D eigenvalue weighted by atomic mass is 9.44. The van der Waals surface area contributed by atoms with Gasteiger partial charge in [0.05, 0.1) is 17.2 Å². The first-order valence-corrected chi connectivity index (χ1v) is 13.0. The fraction of sp³-hybridized carbons (Fsp3) is 0.567. The minimum atomic E-state index is -0.667. The molecule has 0 aliphatic heterocycles. The van der Waals surface area contributed by atoms with Gasteiger partial charge in [0.1, 0.15) is 11.9 Å². The highest BCUT2D eigenvalue weighted by Crippen LogP contribution is 2.68. The van der Waals surface area contributed by atoms with Crippen molar-refractivity contribution in [2.75, 3.05) is 0 Å². The van der Waals surface area contributed by atoms with Gasteiger partial charge in [0.15, 0.2) is 0 Å². The summed E-state index contributed by atoms with van der Waals surface area (Å²) in [6.07, 6.45) is 6.01. The van der Waals surface area contributed by atoms with E-state index >= 15 is 0 Å². The van der Waals surface area contributed by atoms with E-state index in [4.69, 9.17) is 4.74 Å². The van der Waals surface area contributed by atoms with Gasteiger partial charge in [-0.05, 0) is 67.2 Å². The first-order chi connectivity index (χ1) is 16.6. The van der Waals surface area contributed by atoms with E-state index in [-0.39, 0.29) is 29.0 Å². The molecule has 0 spiro atoms. The van der Waals surface area contributed by atoms with Gasteiger partial charge < -0.3 is 9.84 Å². The molecule has 1 N–H and O–H groups in total. The highest BCUT2D eigenvalue weighted by Gasteiger charge is 2.68. The van der Waals surface area contributed by atoms with Crippen molar-refractivity contribution in [1.29, 1.82) is 0 Å². The topological polar surface area (TPSA) is 76.5 Å². The largest absolute Gasteiger partial charge is 0.458 e. The molecule has 35 heavy (non-hydrogen) atoms. The van der Waals surface area contributed by atoms with E-state index in [0.717, 1.165) is 30.2 Å². The molecule has 0 saturated heterocycles. The standard InChI is InChI=1S/C30H37NO4/c1-6-28(4)17-24(35-27(34)21-9-10-22-20(16-21)8-7-15-31-22)29(5)18(2)11-13-30(19(3)26(28)33)14-12-23(32)25(29)30/h6-10,15-16,18-19,24-26,33H,1,11-14,17H2,2-5H3/t18-,19+,24-,25?,26+,28-,29+,30?/m1/s1. The number of hydrogen-bond acceptors (Lipinski definition) is 5. The third kappa shape index (κ3) is 3.41. The van der Waals surface area contributed by atoms with E-state index in [1.165, 1.54) is 0 Å². The monoisotopic (exact) mass is 475 g/mol. The molecule has 3 saturated carbocycles. The summed E-state index contributed by atoms with van der Waals surface area (Å²) in [4.78, 5) is 31.4. The predicted molar refractivity (Wildman–Crippen MR) is 136 cm³/mol. The average molecular weight is 476 g/mol. The van der Waals surface area contributed by atoms with Gasteiger partial charge >= 0.3 is 5.97 Å². The van der Waals surface area contributed by atoms with Crippen molar-refractivity contribution in [3.05, 3.63) is 54.7 Å². The van der Waals surface area contributed by atoms with Crippen molar-refractivity contribution >= 4 is 22.7 Å². The molecule has 1 aromatic heterocycles. The summed E-state index contributed by atoms with van der Waals surface area (Å²) >= 11 is 0. The number of fused-ring (bicyclic) bond motifs is 1. The van der Waals surface area contributed by atoms with E-state index in [0.29, 0.717) is 18.4 Å². The van der Waals surface area contributed by atoms with Crippen molar-refractivity contribution in [3.63, 3.8) is 0 Å². The van der Waals surface area contributed by atoms with Crippen molar-refractivity contribution in [2.24, 2.45) is 34.0 Å². The Morgan fingerprint density at radius 2 is 2.00 bits per heavy atom. The van der Waals surface area contributed by atoms with Crippen LogP contribution in [0.5, 0.6) is 0 Å². The summed E-state index contributed by atoms with van der Waals surface area (Å²) < 4.78 is 6.38. The Labute approximate surface area is 208 Å². The zero-order chi connectivity index (χ0) is 25.2. The number of rotatable bonds is 3. The zero-order valence-corrected chi connectivity index (χ0v) is 21.3. The van der Waals surface area contributed by atoms with Crippen molar-refractivity contribution < 1.29 is 19.4 Å². The second-order valence-corrected chi connectivity index (χ2v) is 11.9.